The molecule has 2 N–H and O–H groups in total. The van der Waals surface area contributed by atoms with Gasteiger partial charge in [-0.25, -0.2) is 4.39 Å². The Kier molecular flexibility index (Phi) is 4.41. The van der Waals surface area contributed by atoms with Gasteiger partial charge in [0.2, 0.25) is 0 Å². The molecule has 0 aliphatic carbocycles. The standard InChI is InChI=1S/C16H15FN2O2/c1-10(19)16-12(17)4-3-5-14(16)21-13-7-6-11(9-18)8-15(13)20-2/h3-8,10H,19H2,1-2H3/t10-/m0/s1. The topological polar surface area (TPSA) is 68.3 Å². The lowest BCUT2D eigenvalue weighted by atomic mass is 10.1. The molecule has 0 unspecified atom stereocenters. The molecule has 0 heterocycles. The summed E-state index contributed by atoms with van der Waals surface area (Å²) in [5.74, 6) is 0.695. The fourth-order valence-electron chi connectivity index (χ4n) is 1.99. The molecule has 2 aromatic rings. The number of nitrogens with two attached hydrogens (primary N) is 1. The second-order valence-corrected chi connectivity index (χ2v) is 4.52. The number of nitriles is 1. The van der Waals surface area contributed by atoms with Crippen molar-refractivity contribution in [3.63, 3.8) is 0 Å². The van der Waals surface area contributed by atoms with Crippen molar-refractivity contribution in [2.75, 3.05) is 7.11 Å². The number of hydrogen-bond donors (Lipinski definition) is 1. The summed E-state index contributed by atoms with van der Waals surface area (Å²) in [6.07, 6.45) is 0. The van der Waals surface area contributed by atoms with Crippen LogP contribution in [0.5, 0.6) is 17.2 Å². The summed E-state index contributed by atoms with van der Waals surface area (Å²) >= 11 is 0. The van der Waals surface area contributed by atoms with E-state index in [1.165, 1.54) is 13.2 Å². The number of halogens is 1. The first-order chi connectivity index (χ1) is 10.1. The second kappa shape index (κ2) is 6.25. The highest BCUT2D eigenvalue weighted by Crippen LogP contribution is 2.36. The highest BCUT2D eigenvalue weighted by Gasteiger charge is 2.16. The van der Waals surface area contributed by atoms with Crippen LogP contribution in [0.3, 0.4) is 0 Å². The maximum absolute atomic E-state index is 13.9. The Bertz CT molecular complexity index is 693. The molecular weight excluding hydrogens is 271 g/mol. The molecule has 2 aromatic carbocycles. The molecule has 0 bridgehead atoms. The van der Waals surface area contributed by atoms with Crippen LogP contribution in [0.4, 0.5) is 4.39 Å². The molecule has 4 nitrogen and oxygen atoms in total. The summed E-state index contributed by atoms with van der Waals surface area (Å²) in [4.78, 5) is 0. The zero-order valence-electron chi connectivity index (χ0n) is 11.8. The second-order valence-electron chi connectivity index (χ2n) is 4.52. The Labute approximate surface area is 122 Å². The summed E-state index contributed by atoms with van der Waals surface area (Å²) in [6, 6.07) is 10.8. The van der Waals surface area contributed by atoms with Gasteiger partial charge in [-0.15, -0.1) is 0 Å². The first-order valence-corrected chi connectivity index (χ1v) is 6.36. The van der Waals surface area contributed by atoms with Gasteiger partial charge in [-0.3, -0.25) is 0 Å². The highest BCUT2D eigenvalue weighted by molar-refractivity contribution is 5.50. The van der Waals surface area contributed by atoms with Gasteiger partial charge in [0.05, 0.1) is 18.7 Å². The first-order valence-electron chi connectivity index (χ1n) is 6.36. The van der Waals surface area contributed by atoms with E-state index >= 15 is 0 Å². The lowest BCUT2D eigenvalue weighted by Gasteiger charge is -2.16. The molecule has 5 heteroatoms. The number of rotatable bonds is 4. The minimum Gasteiger partial charge on any atom is -0.493 e. The van der Waals surface area contributed by atoms with Crippen molar-refractivity contribution in [2.45, 2.75) is 13.0 Å². The number of ether oxygens (including phenoxy) is 2. The van der Waals surface area contributed by atoms with Crippen LogP contribution < -0.4 is 15.2 Å². The molecule has 0 spiro atoms. The zero-order valence-corrected chi connectivity index (χ0v) is 11.8. The third-order valence-corrected chi connectivity index (χ3v) is 2.98. The third-order valence-electron chi connectivity index (χ3n) is 2.98. The van der Waals surface area contributed by atoms with Gasteiger partial charge in [0.25, 0.3) is 0 Å². The van der Waals surface area contributed by atoms with Crippen molar-refractivity contribution in [1.82, 2.24) is 0 Å². The number of hydrogen-bond acceptors (Lipinski definition) is 4. The van der Waals surface area contributed by atoms with E-state index in [2.05, 4.69) is 0 Å². The molecule has 0 aliphatic rings. The first kappa shape index (κ1) is 14.8. The van der Waals surface area contributed by atoms with Crippen LogP contribution in [-0.2, 0) is 0 Å². The summed E-state index contributed by atoms with van der Waals surface area (Å²) in [7, 11) is 1.47. The summed E-state index contributed by atoms with van der Waals surface area (Å²) < 4.78 is 24.8. The number of nitrogens with zero attached hydrogens (tertiary/aromatic N) is 1. The monoisotopic (exact) mass is 286 g/mol. The van der Waals surface area contributed by atoms with Crippen molar-refractivity contribution in [2.24, 2.45) is 5.73 Å². The molecule has 0 amide bonds. The van der Waals surface area contributed by atoms with Crippen molar-refractivity contribution in [3.8, 4) is 23.3 Å². The van der Waals surface area contributed by atoms with Crippen molar-refractivity contribution in [1.29, 1.82) is 5.26 Å². The summed E-state index contributed by atoms with van der Waals surface area (Å²) in [6.45, 7) is 1.68. The molecule has 1 atom stereocenters. The third kappa shape index (κ3) is 3.12. The Hall–Kier alpha value is -2.58. The van der Waals surface area contributed by atoms with Gasteiger partial charge in [-0.2, -0.15) is 5.26 Å². The lowest BCUT2D eigenvalue weighted by Crippen LogP contribution is -2.09. The molecule has 108 valence electrons. The van der Waals surface area contributed by atoms with E-state index in [0.29, 0.717) is 28.4 Å². The van der Waals surface area contributed by atoms with E-state index in [4.69, 9.17) is 20.5 Å². The van der Waals surface area contributed by atoms with Crippen molar-refractivity contribution >= 4 is 0 Å². The molecule has 21 heavy (non-hydrogen) atoms. The number of benzene rings is 2. The van der Waals surface area contributed by atoms with Crippen molar-refractivity contribution < 1.29 is 13.9 Å². The largest absolute Gasteiger partial charge is 0.493 e. The van der Waals surface area contributed by atoms with Gasteiger partial charge < -0.3 is 15.2 Å². The van der Waals surface area contributed by atoms with Gasteiger partial charge in [0.15, 0.2) is 11.5 Å². The van der Waals surface area contributed by atoms with Crippen molar-refractivity contribution in [3.05, 3.63) is 53.3 Å². The molecule has 0 radical (unpaired) electrons. The minimum atomic E-state index is -0.509. The van der Waals surface area contributed by atoms with E-state index in [-0.39, 0.29) is 0 Å². The fourth-order valence-corrected chi connectivity index (χ4v) is 1.99. The average Bonchev–Trinajstić information content (AvgIpc) is 2.47. The van der Waals surface area contributed by atoms with Crippen LogP contribution in [0, 0.1) is 17.1 Å². The Morgan fingerprint density at radius 2 is 1.95 bits per heavy atom. The molecule has 0 aromatic heterocycles. The smallest absolute Gasteiger partial charge is 0.169 e. The Morgan fingerprint density at radius 1 is 1.19 bits per heavy atom. The van der Waals surface area contributed by atoms with Crippen LogP contribution in [0.25, 0.3) is 0 Å². The quantitative estimate of drug-likeness (QED) is 0.933. The molecule has 0 saturated carbocycles. The minimum absolute atomic E-state index is 0.295. The molecule has 0 fully saturated rings. The fraction of sp³-hybridized carbons (Fsp3) is 0.188. The van der Waals surface area contributed by atoms with Gasteiger partial charge >= 0.3 is 0 Å². The predicted octanol–water partition coefficient (Wildman–Crippen LogP) is 3.52. The van der Waals surface area contributed by atoms with Crippen LogP contribution in [0.15, 0.2) is 36.4 Å². The average molecular weight is 286 g/mol. The van der Waals surface area contributed by atoms with E-state index in [0.717, 1.165) is 0 Å². The summed E-state index contributed by atoms with van der Waals surface area (Å²) in [5, 5.41) is 8.88. The van der Waals surface area contributed by atoms with Crippen LogP contribution in [-0.4, -0.2) is 7.11 Å². The molecule has 0 aliphatic heterocycles. The summed E-state index contributed by atoms with van der Waals surface area (Å²) in [5.41, 5.74) is 6.54. The van der Waals surface area contributed by atoms with E-state index in [1.807, 2.05) is 6.07 Å². The predicted molar refractivity (Wildman–Crippen MR) is 76.8 cm³/mol. The SMILES string of the molecule is COc1cc(C#N)ccc1Oc1cccc(F)c1[C@H](C)N. The molecule has 0 saturated heterocycles. The van der Waals surface area contributed by atoms with Gasteiger partial charge in [0, 0.05) is 17.7 Å². The Balaban J connectivity index is 2.44. The van der Waals surface area contributed by atoms with Gasteiger partial charge in [-0.1, -0.05) is 6.07 Å². The van der Waals surface area contributed by atoms with E-state index in [1.54, 1.807) is 37.3 Å². The molecular formula is C16H15FN2O2. The highest BCUT2D eigenvalue weighted by atomic mass is 19.1. The lowest BCUT2D eigenvalue weighted by molar-refractivity contribution is 0.375. The van der Waals surface area contributed by atoms with Gasteiger partial charge in [0.1, 0.15) is 11.6 Å². The van der Waals surface area contributed by atoms with E-state index < -0.39 is 11.9 Å². The van der Waals surface area contributed by atoms with Crippen LogP contribution >= 0.6 is 0 Å². The van der Waals surface area contributed by atoms with Crippen LogP contribution in [0.2, 0.25) is 0 Å². The molecule has 2 rings (SSSR count). The maximum atomic E-state index is 13.9. The Morgan fingerprint density at radius 3 is 2.57 bits per heavy atom. The van der Waals surface area contributed by atoms with Crippen LogP contribution in [0.1, 0.15) is 24.1 Å². The van der Waals surface area contributed by atoms with E-state index in [9.17, 15) is 4.39 Å². The normalized spacial score (nSPS) is 11.6. The zero-order chi connectivity index (χ0) is 15.4. The van der Waals surface area contributed by atoms with Gasteiger partial charge in [-0.05, 0) is 31.2 Å². The number of methoxy groups -OCH3 is 1. The maximum Gasteiger partial charge on any atom is 0.169 e.